The highest BCUT2D eigenvalue weighted by Crippen LogP contribution is 2.29. The fourth-order valence-corrected chi connectivity index (χ4v) is 3.63. The minimum atomic E-state index is 0.401. The molecule has 0 aliphatic carbocycles. The number of halogens is 1. The number of aromatic nitrogens is 3. The summed E-state index contributed by atoms with van der Waals surface area (Å²) in [6.45, 7) is 6.42. The molecule has 5 nitrogen and oxygen atoms in total. The van der Waals surface area contributed by atoms with Crippen molar-refractivity contribution in [2.24, 2.45) is 0 Å². The molecule has 4 rings (SSSR count). The van der Waals surface area contributed by atoms with E-state index < -0.39 is 0 Å². The molecule has 6 heteroatoms. The first kappa shape index (κ1) is 19.3. The Balaban J connectivity index is 1.74. The van der Waals surface area contributed by atoms with Crippen LogP contribution in [0.25, 0.3) is 16.7 Å². The van der Waals surface area contributed by atoms with Crippen LogP contribution < -0.4 is 9.47 Å². The second kappa shape index (κ2) is 7.76. The van der Waals surface area contributed by atoms with E-state index in [1.165, 1.54) is 0 Å². The smallest absolute Gasteiger partial charge is 0.215 e. The van der Waals surface area contributed by atoms with Crippen molar-refractivity contribution in [2.75, 3.05) is 7.11 Å². The Bertz CT molecular complexity index is 1200. The van der Waals surface area contributed by atoms with Crippen LogP contribution in [-0.4, -0.2) is 21.9 Å². The fourth-order valence-electron chi connectivity index (χ4n) is 3.46. The van der Waals surface area contributed by atoms with Gasteiger partial charge in [-0.3, -0.25) is 0 Å². The summed E-state index contributed by atoms with van der Waals surface area (Å²) in [7, 11) is 1.65. The average Bonchev–Trinajstić information content (AvgIpc) is 3.05. The second-order valence-electron chi connectivity index (χ2n) is 7.00. The molecule has 0 saturated carbocycles. The third-order valence-corrected chi connectivity index (χ3v) is 5.38. The van der Waals surface area contributed by atoms with Crippen LogP contribution in [-0.2, 0) is 6.61 Å². The Morgan fingerprint density at radius 2 is 1.83 bits per heavy atom. The van der Waals surface area contributed by atoms with E-state index in [1.807, 2.05) is 74.0 Å². The fraction of sp³-hybridized carbons (Fsp3) is 0.217. The molecule has 4 aromatic rings. The zero-order valence-corrected chi connectivity index (χ0v) is 17.6. The molecule has 0 fully saturated rings. The monoisotopic (exact) mass is 407 g/mol. The van der Waals surface area contributed by atoms with E-state index in [9.17, 15) is 0 Å². The van der Waals surface area contributed by atoms with Crippen molar-refractivity contribution in [1.29, 1.82) is 0 Å². The molecule has 0 aliphatic rings. The third kappa shape index (κ3) is 3.66. The van der Waals surface area contributed by atoms with Crippen LogP contribution in [0.4, 0.5) is 0 Å². The summed E-state index contributed by atoms with van der Waals surface area (Å²) in [4.78, 5) is 4.77. The SMILES string of the molecule is COc1cccc(COc2cc(C)c3c(C)nn(-c4cccc(Cl)c4C)c3n2)c1. The van der Waals surface area contributed by atoms with E-state index in [0.717, 1.165) is 44.9 Å². The van der Waals surface area contributed by atoms with Crippen LogP contribution in [0.2, 0.25) is 5.02 Å². The zero-order chi connectivity index (χ0) is 20.5. The summed E-state index contributed by atoms with van der Waals surface area (Å²) < 4.78 is 13.1. The second-order valence-corrected chi connectivity index (χ2v) is 7.40. The van der Waals surface area contributed by atoms with Crippen molar-refractivity contribution in [1.82, 2.24) is 14.8 Å². The number of aryl methyl sites for hydroxylation is 2. The van der Waals surface area contributed by atoms with E-state index in [0.29, 0.717) is 17.5 Å². The van der Waals surface area contributed by atoms with E-state index in [2.05, 4.69) is 0 Å². The number of nitrogens with zero attached hydrogens (tertiary/aromatic N) is 3. The van der Waals surface area contributed by atoms with Gasteiger partial charge in [0, 0.05) is 16.5 Å². The Hall–Kier alpha value is -3.05. The van der Waals surface area contributed by atoms with E-state index in [4.69, 9.17) is 31.2 Å². The van der Waals surface area contributed by atoms with Gasteiger partial charge in [-0.05, 0) is 61.7 Å². The van der Waals surface area contributed by atoms with Gasteiger partial charge in [-0.2, -0.15) is 10.1 Å². The molecule has 0 radical (unpaired) electrons. The molecule has 29 heavy (non-hydrogen) atoms. The van der Waals surface area contributed by atoms with Crippen molar-refractivity contribution in [2.45, 2.75) is 27.4 Å². The first-order chi connectivity index (χ1) is 14.0. The van der Waals surface area contributed by atoms with Crippen molar-refractivity contribution in [3.8, 4) is 17.3 Å². The number of methoxy groups -OCH3 is 1. The number of benzene rings is 2. The number of fused-ring (bicyclic) bond motifs is 1. The Morgan fingerprint density at radius 1 is 1.03 bits per heavy atom. The van der Waals surface area contributed by atoms with E-state index in [1.54, 1.807) is 7.11 Å². The van der Waals surface area contributed by atoms with Crippen LogP contribution in [0, 0.1) is 20.8 Å². The van der Waals surface area contributed by atoms with Gasteiger partial charge in [-0.25, -0.2) is 4.68 Å². The normalized spacial score (nSPS) is 11.1. The molecule has 0 N–H and O–H groups in total. The quantitative estimate of drug-likeness (QED) is 0.433. The van der Waals surface area contributed by atoms with Crippen LogP contribution >= 0.6 is 11.6 Å². The first-order valence-electron chi connectivity index (χ1n) is 9.36. The summed E-state index contributed by atoms with van der Waals surface area (Å²) in [6.07, 6.45) is 0. The number of rotatable bonds is 5. The maximum absolute atomic E-state index is 6.33. The Labute approximate surface area is 174 Å². The largest absolute Gasteiger partial charge is 0.497 e. The number of pyridine rings is 1. The van der Waals surface area contributed by atoms with Gasteiger partial charge >= 0.3 is 0 Å². The molecule has 0 saturated heterocycles. The van der Waals surface area contributed by atoms with Gasteiger partial charge in [0.1, 0.15) is 12.4 Å². The molecule has 0 amide bonds. The maximum Gasteiger partial charge on any atom is 0.215 e. The molecule has 2 heterocycles. The van der Waals surface area contributed by atoms with Gasteiger partial charge in [0.2, 0.25) is 5.88 Å². The summed E-state index contributed by atoms with van der Waals surface area (Å²) >= 11 is 6.33. The van der Waals surface area contributed by atoms with Gasteiger partial charge in [0.05, 0.1) is 18.5 Å². The lowest BCUT2D eigenvalue weighted by Gasteiger charge is -2.11. The van der Waals surface area contributed by atoms with Crippen molar-refractivity contribution < 1.29 is 9.47 Å². The maximum atomic E-state index is 6.33. The molecule has 0 bridgehead atoms. The topological polar surface area (TPSA) is 49.2 Å². The first-order valence-corrected chi connectivity index (χ1v) is 9.74. The van der Waals surface area contributed by atoms with Gasteiger partial charge in [-0.1, -0.05) is 29.8 Å². The Kier molecular flexibility index (Phi) is 5.16. The lowest BCUT2D eigenvalue weighted by molar-refractivity contribution is 0.293. The number of hydrogen-bond acceptors (Lipinski definition) is 4. The van der Waals surface area contributed by atoms with Gasteiger partial charge in [0.15, 0.2) is 5.65 Å². The van der Waals surface area contributed by atoms with Gasteiger partial charge in [0.25, 0.3) is 0 Å². The van der Waals surface area contributed by atoms with Gasteiger partial charge in [-0.15, -0.1) is 0 Å². The van der Waals surface area contributed by atoms with E-state index in [-0.39, 0.29) is 0 Å². The van der Waals surface area contributed by atoms with E-state index >= 15 is 0 Å². The lowest BCUT2D eigenvalue weighted by atomic mass is 10.1. The van der Waals surface area contributed by atoms with Crippen LogP contribution in [0.1, 0.15) is 22.4 Å². The number of hydrogen-bond donors (Lipinski definition) is 0. The van der Waals surface area contributed by atoms with Crippen LogP contribution in [0.3, 0.4) is 0 Å². The molecule has 2 aromatic carbocycles. The molecule has 0 unspecified atom stereocenters. The molecule has 2 aromatic heterocycles. The molecule has 0 atom stereocenters. The summed E-state index contributed by atoms with van der Waals surface area (Å²) in [5.74, 6) is 1.36. The highest BCUT2D eigenvalue weighted by atomic mass is 35.5. The molecule has 0 aliphatic heterocycles. The van der Waals surface area contributed by atoms with Gasteiger partial charge < -0.3 is 9.47 Å². The molecule has 0 spiro atoms. The predicted octanol–water partition coefficient (Wildman–Crippen LogP) is 5.59. The summed E-state index contributed by atoms with van der Waals surface area (Å²) in [6, 6.07) is 15.5. The molecular weight excluding hydrogens is 386 g/mol. The Morgan fingerprint density at radius 3 is 2.62 bits per heavy atom. The minimum Gasteiger partial charge on any atom is -0.497 e. The zero-order valence-electron chi connectivity index (χ0n) is 16.9. The number of ether oxygens (including phenoxy) is 2. The molecular formula is C23H22ClN3O2. The average molecular weight is 408 g/mol. The summed E-state index contributed by atoms with van der Waals surface area (Å²) in [5, 5.41) is 6.45. The van der Waals surface area contributed by atoms with Crippen LogP contribution in [0.15, 0.2) is 48.5 Å². The van der Waals surface area contributed by atoms with Crippen molar-refractivity contribution in [3.63, 3.8) is 0 Å². The third-order valence-electron chi connectivity index (χ3n) is 4.97. The van der Waals surface area contributed by atoms with Crippen LogP contribution in [0.5, 0.6) is 11.6 Å². The van der Waals surface area contributed by atoms with Crippen molar-refractivity contribution >= 4 is 22.6 Å². The lowest BCUT2D eigenvalue weighted by Crippen LogP contribution is -2.03. The highest BCUT2D eigenvalue weighted by Gasteiger charge is 2.16. The minimum absolute atomic E-state index is 0.401. The highest BCUT2D eigenvalue weighted by molar-refractivity contribution is 6.31. The summed E-state index contributed by atoms with van der Waals surface area (Å²) in [5.41, 5.74) is 5.63. The predicted molar refractivity (Wildman–Crippen MR) is 115 cm³/mol. The standard InChI is InChI=1S/C23H22ClN3O2/c1-14-11-21(29-13-17-7-5-8-18(12-17)28-4)25-23-22(14)16(3)26-27(23)20-10-6-9-19(24)15(20)2/h5-12H,13H2,1-4H3. The van der Waals surface area contributed by atoms with Crippen molar-refractivity contribution in [3.05, 3.63) is 75.9 Å². The molecule has 148 valence electrons.